The van der Waals surface area contributed by atoms with Crippen LogP contribution in [0.1, 0.15) is 6.42 Å². The molecule has 2 saturated heterocycles. The van der Waals surface area contributed by atoms with E-state index in [2.05, 4.69) is 9.80 Å². The fourth-order valence-corrected chi connectivity index (χ4v) is 3.79. The Bertz CT molecular complexity index is 506. The lowest BCUT2D eigenvalue weighted by molar-refractivity contribution is -0.384. The molecular weight excluding hydrogens is 282 g/mol. The summed E-state index contributed by atoms with van der Waals surface area (Å²) in [6.07, 6.45) is 1.30. The number of non-ortho nitro benzene ring substituents is 1. The van der Waals surface area contributed by atoms with E-state index in [-0.39, 0.29) is 10.6 Å². The maximum atomic E-state index is 10.7. The first-order valence-electron chi connectivity index (χ1n) is 7.86. The van der Waals surface area contributed by atoms with Gasteiger partial charge in [0.05, 0.1) is 11.5 Å². The first kappa shape index (κ1) is 15.2. The topological polar surface area (TPSA) is 58.8 Å². The maximum Gasteiger partial charge on any atom is 0.269 e. The lowest BCUT2D eigenvalue weighted by atomic mass is 9.84. The van der Waals surface area contributed by atoms with Crippen LogP contribution in [0, 0.1) is 22.0 Å². The minimum Gasteiger partial charge on any atom is -0.383 e. The second kappa shape index (κ2) is 6.62. The molecule has 2 unspecified atom stereocenters. The summed E-state index contributed by atoms with van der Waals surface area (Å²) in [6, 6.07) is 6.96. The van der Waals surface area contributed by atoms with Crippen molar-refractivity contribution in [1.82, 2.24) is 4.90 Å². The average Bonchev–Trinajstić information content (AvgIpc) is 2.52. The highest BCUT2D eigenvalue weighted by Gasteiger charge is 2.34. The van der Waals surface area contributed by atoms with E-state index in [1.54, 1.807) is 19.2 Å². The number of hydrogen-bond acceptors (Lipinski definition) is 5. The van der Waals surface area contributed by atoms with Gasteiger partial charge in [0.25, 0.3) is 5.69 Å². The number of likely N-dealkylation sites (tertiary alicyclic amines) is 1. The number of ether oxygens (including phenoxy) is 1. The zero-order valence-corrected chi connectivity index (χ0v) is 13.0. The predicted octanol–water partition coefficient (Wildman–Crippen LogP) is 2.00. The highest BCUT2D eigenvalue weighted by atomic mass is 16.6. The van der Waals surface area contributed by atoms with Gasteiger partial charge in [-0.15, -0.1) is 0 Å². The normalized spacial score (nSPS) is 25.2. The second-order valence-electron chi connectivity index (χ2n) is 6.40. The van der Waals surface area contributed by atoms with Gasteiger partial charge in [-0.1, -0.05) is 0 Å². The van der Waals surface area contributed by atoms with Crippen LogP contribution in [0.3, 0.4) is 0 Å². The smallest absolute Gasteiger partial charge is 0.269 e. The third-order valence-electron chi connectivity index (χ3n) is 4.69. The van der Waals surface area contributed by atoms with Crippen molar-refractivity contribution >= 4 is 11.4 Å². The Balaban J connectivity index is 1.63. The number of piperidine rings is 2. The molecule has 0 spiro atoms. The summed E-state index contributed by atoms with van der Waals surface area (Å²) in [6.45, 7) is 6.15. The van der Waals surface area contributed by atoms with Crippen molar-refractivity contribution < 1.29 is 9.66 Å². The summed E-state index contributed by atoms with van der Waals surface area (Å²) < 4.78 is 5.18. The van der Waals surface area contributed by atoms with Crippen molar-refractivity contribution in [1.29, 1.82) is 0 Å². The predicted molar refractivity (Wildman–Crippen MR) is 85.2 cm³/mol. The summed E-state index contributed by atoms with van der Waals surface area (Å²) in [5.74, 6) is 1.36. The van der Waals surface area contributed by atoms with Gasteiger partial charge in [-0.25, -0.2) is 0 Å². The highest BCUT2D eigenvalue weighted by Crippen LogP contribution is 2.32. The number of nitrogens with zero attached hydrogens (tertiary/aromatic N) is 3. The first-order chi connectivity index (χ1) is 10.7. The molecule has 120 valence electrons. The SMILES string of the molecule is COCCN1CC2CC(C1)CN(c1ccc([N+](=O)[O-])cc1)C2. The number of methoxy groups -OCH3 is 1. The molecule has 0 aromatic heterocycles. The van der Waals surface area contributed by atoms with E-state index in [4.69, 9.17) is 4.74 Å². The second-order valence-corrected chi connectivity index (χ2v) is 6.40. The van der Waals surface area contributed by atoms with Crippen LogP contribution in [-0.4, -0.2) is 56.3 Å². The molecule has 2 aliphatic rings. The van der Waals surface area contributed by atoms with Gasteiger partial charge in [-0.3, -0.25) is 10.1 Å². The number of hydrogen-bond donors (Lipinski definition) is 0. The summed E-state index contributed by atoms with van der Waals surface area (Å²) in [4.78, 5) is 15.3. The van der Waals surface area contributed by atoms with E-state index in [0.29, 0.717) is 11.8 Å². The van der Waals surface area contributed by atoms with Gasteiger partial charge in [0.15, 0.2) is 0 Å². The molecule has 1 aromatic rings. The minimum absolute atomic E-state index is 0.159. The molecular formula is C16H23N3O3. The first-order valence-corrected chi connectivity index (χ1v) is 7.86. The standard InChI is InChI=1S/C16H23N3O3/c1-22-7-6-17-9-13-8-14(10-17)12-18(11-13)15-2-4-16(5-3-15)19(20)21/h2-5,13-14H,6-12H2,1H3. The van der Waals surface area contributed by atoms with Crippen LogP contribution in [0.2, 0.25) is 0 Å². The highest BCUT2D eigenvalue weighted by molar-refractivity contribution is 5.51. The Morgan fingerprint density at radius 1 is 1.18 bits per heavy atom. The van der Waals surface area contributed by atoms with E-state index < -0.39 is 0 Å². The summed E-state index contributed by atoms with van der Waals surface area (Å²) >= 11 is 0. The summed E-state index contributed by atoms with van der Waals surface area (Å²) in [5.41, 5.74) is 1.26. The molecule has 2 bridgehead atoms. The van der Waals surface area contributed by atoms with Gasteiger partial charge >= 0.3 is 0 Å². The number of benzene rings is 1. The van der Waals surface area contributed by atoms with E-state index >= 15 is 0 Å². The largest absolute Gasteiger partial charge is 0.383 e. The maximum absolute atomic E-state index is 10.7. The third kappa shape index (κ3) is 3.39. The van der Waals surface area contributed by atoms with Gasteiger partial charge in [-0.2, -0.15) is 0 Å². The molecule has 6 nitrogen and oxygen atoms in total. The molecule has 1 aromatic carbocycles. The van der Waals surface area contributed by atoms with Crippen LogP contribution >= 0.6 is 0 Å². The molecule has 0 N–H and O–H groups in total. The van der Waals surface area contributed by atoms with Gasteiger partial charge in [0, 0.05) is 57.7 Å². The molecule has 0 saturated carbocycles. The molecule has 0 aliphatic carbocycles. The van der Waals surface area contributed by atoms with Gasteiger partial charge in [0.1, 0.15) is 0 Å². The van der Waals surface area contributed by atoms with Crippen molar-refractivity contribution in [3.05, 3.63) is 34.4 Å². The van der Waals surface area contributed by atoms with E-state index in [0.717, 1.165) is 45.0 Å². The van der Waals surface area contributed by atoms with Crippen LogP contribution in [0.15, 0.2) is 24.3 Å². The van der Waals surface area contributed by atoms with Crippen molar-refractivity contribution in [3.8, 4) is 0 Å². The molecule has 22 heavy (non-hydrogen) atoms. The molecule has 0 amide bonds. The zero-order chi connectivity index (χ0) is 15.5. The minimum atomic E-state index is -0.345. The molecule has 2 fully saturated rings. The molecule has 2 aliphatic heterocycles. The fraction of sp³-hybridized carbons (Fsp3) is 0.625. The number of anilines is 1. The summed E-state index contributed by atoms with van der Waals surface area (Å²) in [7, 11) is 1.75. The average molecular weight is 305 g/mol. The monoisotopic (exact) mass is 305 g/mol. The Kier molecular flexibility index (Phi) is 4.59. The molecule has 2 heterocycles. The summed E-state index contributed by atoms with van der Waals surface area (Å²) in [5, 5.41) is 10.7. The third-order valence-corrected chi connectivity index (χ3v) is 4.69. The van der Waals surface area contributed by atoms with E-state index in [9.17, 15) is 10.1 Å². The number of nitro groups is 1. The Morgan fingerprint density at radius 3 is 2.36 bits per heavy atom. The Hall–Kier alpha value is -1.66. The lowest BCUT2D eigenvalue weighted by Crippen LogP contribution is -2.53. The Labute approximate surface area is 130 Å². The number of nitro benzene ring substituents is 1. The van der Waals surface area contributed by atoms with Crippen molar-refractivity contribution in [2.75, 3.05) is 51.3 Å². The Morgan fingerprint density at radius 2 is 1.82 bits per heavy atom. The van der Waals surface area contributed by atoms with Crippen LogP contribution in [0.25, 0.3) is 0 Å². The van der Waals surface area contributed by atoms with Crippen LogP contribution < -0.4 is 4.90 Å². The van der Waals surface area contributed by atoms with Crippen LogP contribution in [-0.2, 0) is 4.74 Å². The van der Waals surface area contributed by atoms with Crippen molar-refractivity contribution in [2.24, 2.45) is 11.8 Å². The van der Waals surface area contributed by atoms with Crippen molar-refractivity contribution in [3.63, 3.8) is 0 Å². The quantitative estimate of drug-likeness (QED) is 0.615. The van der Waals surface area contributed by atoms with Gasteiger partial charge < -0.3 is 14.5 Å². The molecule has 6 heteroatoms. The van der Waals surface area contributed by atoms with Crippen LogP contribution in [0.5, 0.6) is 0 Å². The van der Waals surface area contributed by atoms with Gasteiger partial charge in [-0.05, 0) is 30.4 Å². The zero-order valence-electron chi connectivity index (χ0n) is 13.0. The lowest BCUT2D eigenvalue weighted by Gasteiger charge is -2.46. The van der Waals surface area contributed by atoms with E-state index in [1.807, 2.05) is 12.1 Å². The fourth-order valence-electron chi connectivity index (χ4n) is 3.79. The number of rotatable bonds is 5. The van der Waals surface area contributed by atoms with Gasteiger partial charge in [0.2, 0.25) is 0 Å². The molecule has 3 rings (SSSR count). The van der Waals surface area contributed by atoms with Crippen molar-refractivity contribution in [2.45, 2.75) is 6.42 Å². The molecule has 0 radical (unpaired) electrons. The molecule has 2 atom stereocenters. The number of fused-ring (bicyclic) bond motifs is 2. The van der Waals surface area contributed by atoms with E-state index in [1.165, 1.54) is 6.42 Å². The van der Waals surface area contributed by atoms with Crippen LogP contribution in [0.4, 0.5) is 11.4 Å².